The van der Waals surface area contributed by atoms with Gasteiger partial charge in [-0.25, -0.2) is 4.39 Å². The molecule has 0 amide bonds. The van der Waals surface area contributed by atoms with Crippen LogP contribution in [-0.2, 0) is 0 Å². The number of fused-ring (bicyclic) bond motifs is 1. The van der Waals surface area contributed by atoms with Gasteiger partial charge in [0.1, 0.15) is 5.82 Å². The molecule has 2 aliphatic rings. The average Bonchev–Trinajstić information content (AvgIpc) is 2.46. The van der Waals surface area contributed by atoms with E-state index in [-0.39, 0.29) is 17.4 Å². The third-order valence-corrected chi connectivity index (χ3v) is 4.61. The monoisotopic (exact) mass is 261 g/mol. The van der Waals surface area contributed by atoms with Gasteiger partial charge in [-0.15, -0.1) is 0 Å². The quantitative estimate of drug-likeness (QED) is 0.827. The molecule has 1 heterocycles. The average molecular weight is 261 g/mol. The van der Waals surface area contributed by atoms with E-state index in [4.69, 9.17) is 0 Å². The molecule has 2 fully saturated rings. The van der Waals surface area contributed by atoms with Gasteiger partial charge in [0.2, 0.25) is 0 Å². The lowest BCUT2D eigenvalue weighted by molar-refractivity contribution is 0.0857. The second-order valence-electron chi connectivity index (χ2n) is 5.79. The van der Waals surface area contributed by atoms with E-state index in [1.165, 1.54) is 25.3 Å². The summed E-state index contributed by atoms with van der Waals surface area (Å²) < 4.78 is 13.7. The fraction of sp³-hybridized carbons (Fsp3) is 0.562. The standard InChI is InChI=1S/C16H20FNO/c17-13-7-3-2-6-12(13)16(19)15-10-9-11-5-1-4-8-14(11)18-15/h2-3,6-7,11,14-15,18H,1,4-5,8-10H2. The van der Waals surface area contributed by atoms with Crippen LogP contribution in [0.15, 0.2) is 24.3 Å². The zero-order chi connectivity index (χ0) is 13.2. The van der Waals surface area contributed by atoms with Crippen LogP contribution >= 0.6 is 0 Å². The number of nitrogens with one attached hydrogen (secondary N) is 1. The Balaban J connectivity index is 1.73. The summed E-state index contributed by atoms with van der Waals surface area (Å²) in [6, 6.07) is 6.56. The highest BCUT2D eigenvalue weighted by atomic mass is 19.1. The number of benzene rings is 1. The van der Waals surface area contributed by atoms with Crippen molar-refractivity contribution in [1.82, 2.24) is 5.32 Å². The highest BCUT2D eigenvalue weighted by Crippen LogP contribution is 2.33. The third-order valence-electron chi connectivity index (χ3n) is 4.61. The molecule has 0 bridgehead atoms. The Hall–Kier alpha value is -1.22. The molecule has 1 aromatic rings. The van der Waals surface area contributed by atoms with E-state index in [9.17, 15) is 9.18 Å². The lowest BCUT2D eigenvalue weighted by Gasteiger charge is -2.40. The van der Waals surface area contributed by atoms with Gasteiger partial charge in [0, 0.05) is 6.04 Å². The predicted octanol–water partition coefficient (Wildman–Crippen LogP) is 3.32. The summed E-state index contributed by atoms with van der Waals surface area (Å²) in [4.78, 5) is 12.4. The molecule has 1 aliphatic heterocycles. The molecule has 1 N–H and O–H groups in total. The van der Waals surface area contributed by atoms with E-state index in [0.29, 0.717) is 6.04 Å². The van der Waals surface area contributed by atoms with Crippen molar-refractivity contribution in [2.75, 3.05) is 0 Å². The molecule has 3 rings (SSSR count). The molecule has 0 radical (unpaired) electrons. The van der Waals surface area contributed by atoms with Gasteiger partial charge in [-0.2, -0.15) is 0 Å². The van der Waals surface area contributed by atoms with Gasteiger partial charge in [0.15, 0.2) is 5.78 Å². The van der Waals surface area contributed by atoms with E-state index < -0.39 is 5.82 Å². The molecule has 1 saturated carbocycles. The second-order valence-corrected chi connectivity index (χ2v) is 5.79. The minimum atomic E-state index is -0.403. The van der Waals surface area contributed by atoms with Crippen molar-refractivity contribution in [2.45, 2.75) is 50.6 Å². The van der Waals surface area contributed by atoms with Crippen LogP contribution in [0.5, 0.6) is 0 Å². The van der Waals surface area contributed by atoms with E-state index in [1.807, 2.05) is 0 Å². The first-order chi connectivity index (χ1) is 9.25. The normalized spacial score (nSPS) is 30.7. The highest BCUT2D eigenvalue weighted by molar-refractivity contribution is 6.00. The summed E-state index contributed by atoms with van der Waals surface area (Å²) in [5.41, 5.74) is 0.231. The summed E-state index contributed by atoms with van der Waals surface area (Å²) in [7, 11) is 0. The number of hydrogen-bond donors (Lipinski definition) is 1. The molecule has 3 atom stereocenters. The molecule has 3 unspecified atom stereocenters. The van der Waals surface area contributed by atoms with E-state index in [0.717, 1.165) is 25.2 Å². The minimum absolute atomic E-state index is 0.0814. The second kappa shape index (κ2) is 5.41. The van der Waals surface area contributed by atoms with Crippen molar-refractivity contribution in [1.29, 1.82) is 0 Å². The molecule has 0 spiro atoms. The van der Waals surface area contributed by atoms with Gasteiger partial charge >= 0.3 is 0 Å². The molecule has 3 heteroatoms. The van der Waals surface area contributed by atoms with Crippen LogP contribution < -0.4 is 5.32 Å². The Morgan fingerprint density at radius 1 is 1.11 bits per heavy atom. The zero-order valence-electron chi connectivity index (χ0n) is 11.1. The van der Waals surface area contributed by atoms with Crippen LogP contribution in [0.1, 0.15) is 48.9 Å². The van der Waals surface area contributed by atoms with Gasteiger partial charge in [-0.05, 0) is 43.7 Å². The Bertz CT molecular complexity index is 474. The molecule has 19 heavy (non-hydrogen) atoms. The molecular formula is C16H20FNO. The number of halogens is 1. The van der Waals surface area contributed by atoms with Crippen molar-refractivity contribution in [3.05, 3.63) is 35.6 Å². The summed E-state index contributed by atoms with van der Waals surface area (Å²) >= 11 is 0. The van der Waals surface area contributed by atoms with Crippen molar-refractivity contribution < 1.29 is 9.18 Å². The molecule has 1 aromatic carbocycles. The minimum Gasteiger partial charge on any atom is -0.304 e. The van der Waals surface area contributed by atoms with Crippen LogP contribution in [0, 0.1) is 11.7 Å². The Labute approximate surface area is 113 Å². The van der Waals surface area contributed by atoms with Crippen molar-refractivity contribution in [3.63, 3.8) is 0 Å². The van der Waals surface area contributed by atoms with Crippen molar-refractivity contribution in [3.8, 4) is 0 Å². The van der Waals surface area contributed by atoms with Gasteiger partial charge in [0.25, 0.3) is 0 Å². The first kappa shape index (κ1) is 12.8. The molecule has 102 valence electrons. The van der Waals surface area contributed by atoms with Crippen LogP contribution in [0.3, 0.4) is 0 Å². The van der Waals surface area contributed by atoms with Gasteiger partial charge < -0.3 is 5.32 Å². The largest absolute Gasteiger partial charge is 0.304 e. The number of carbonyl (C=O) groups excluding carboxylic acids is 1. The lowest BCUT2D eigenvalue weighted by Crippen LogP contribution is -2.52. The number of carbonyl (C=O) groups is 1. The maximum absolute atomic E-state index is 13.7. The molecule has 0 aromatic heterocycles. The zero-order valence-corrected chi connectivity index (χ0v) is 11.1. The Kier molecular flexibility index (Phi) is 3.65. The Morgan fingerprint density at radius 3 is 2.74 bits per heavy atom. The van der Waals surface area contributed by atoms with E-state index in [2.05, 4.69) is 5.32 Å². The van der Waals surface area contributed by atoms with Crippen LogP contribution in [0.2, 0.25) is 0 Å². The number of ketones is 1. The summed E-state index contributed by atoms with van der Waals surface area (Å²) in [6.07, 6.45) is 6.93. The summed E-state index contributed by atoms with van der Waals surface area (Å²) in [5, 5.41) is 3.46. The molecule has 2 nitrogen and oxygen atoms in total. The van der Waals surface area contributed by atoms with E-state index >= 15 is 0 Å². The predicted molar refractivity (Wildman–Crippen MR) is 72.6 cm³/mol. The van der Waals surface area contributed by atoms with Gasteiger partial charge in [-0.1, -0.05) is 25.0 Å². The SMILES string of the molecule is O=C(c1ccccc1F)C1CCC2CCCCC2N1. The Morgan fingerprint density at radius 2 is 1.89 bits per heavy atom. The smallest absolute Gasteiger partial charge is 0.182 e. The van der Waals surface area contributed by atoms with Gasteiger partial charge in [0.05, 0.1) is 11.6 Å². The maximum Gasteiger partial charge on any atom is 0.182 e. The third kappa shape index (κ3) is 2.57. The highest BCUT2D eigenvalue weighted by Gasteiger charge is 2.35. The number of rotatable bonds is 2. The van der Waals surface area contributed by atoms with E-state index in [1.54, 1.807) is 18.2 Å². The molecular weight excluding hydrogens is 241 g/mol. The van der Waals surface area contributed by atoms with Crippen molar-refractivity contribution >= 4 is 5.78 Å². The molecule has 1 saturated heterocycles. The maximum atomic E-state index is 13.7. The fourth-order valence-corrected chi connectivity index (χ4v) is 3.55. The van der Waals surface area contributed by atoms with Crippen molar-refractivity contribution in [2.24, 2.45) is 5.92 Å². The van der Waals surface area contributed by atoms with Crippen LogP contribution in [-0.4, -0.2) is 17.9 Å². The molecule has 1 aliphatic carbocycles. The van der Waals surface area contributed by atoms with Crippen LogP contribution in [0.25, 0.3) is 0 Å². The summed E-state index contributed by atoms with van der Waals surface area (Å²) in [6.45, 7) is 0. The number of hydrogen-bond acceptors (Lipinski definition) is 2. The summed E-state index contributed by atoms with van der Waals surface area (Å²) in [5.74, 6) is 0.237. The lowest BCUT2D eigenvalue weighted by atomic mass is 9.77. The fourth-order valence-electron chi connectivity index (χ4n) is 3.55. The van der Waals surface area contributed by atoms with Crippen LogP contribution in [0.4, 0.5) is 4.39 Å². The first-order valence-electron chi connectivity index (χ1n) is 7.30. The number of piperidine rings is 1. The number of Topliss-reactive ketones (excluding diaryl/α,β-unsaturated/α-hetero) is 1. The topological polar surface area (TPSA) is 29.1 Å². The van der Waals surface area contributed by atoms with Gasteiger partial charge in [-0.3, -0.25) is 4.79 Å². The first-order valence-corrected chi connectivity index (χ1v) is 7.30.